The van der Waals surface area contributed by atoms with Crippen molar-refractivity contribution < 1.29 is 18.7 Å². The van der Waals surface area contributed by atoms with Crippen molar-refractivity contribution in [3.8, 4) is 11.8 Å². The van der Waals surface area contributed by atoms with Gasteiger partial charge < -0.3 is 14.5 Å². The summed E-state index contributed by atoms with van der Waals surface area (Å²) in [6.45, 7) is 0.540. The van der Waals surface area contributed by atoms with E-state index in [9.17, 15) is 18.8 Å². The molecule has 2 amide bonds. The minimum absolute atomic E-state index is 0.0651. The van der Waals surface area contributed by atoms with Gasteiger partial charge in [-0.05, 0) is 55.2 Å². The molecule has 10 heteroatoms. The molecule has 9 nitrogen and oxygen atoms in total. The molecule has 0 spiro atoms. The highest BCUT2D eigenvalue weighted by Crippen LogP contribution is 2.28. The number of halogens is 1. The molecule has 1 aliphatic heterocycles. The predicted molar refractivity (Wildman–Crippen MR) is 133 cm³/mol. The molecule has 1 saturated carbocycles. The molecule has 2 aromatic carbocycles. The quantitative estimate of drug-likeness (QED) is 0.530. The maximum absolute atomic E-state index is 14.7. The second kappa shape index (κ2) is 10.0. The third-order valence-electron chi connectivity index (χ3n) is 7.15. The van der Waals surface area contributed by atoms with Crippen LogP contribution in [0, 0.1) is 17.1 Å². The number of aromatic nitrogens is 2. The number of fused-ring (bicyclic) bond motifs is 1. The molecule has 1 saturated heterocycles. The lowest BCUT2D eigenvalue weighted by Crippen LogP contribution is -2.61. The molecule has 0 bridgehead atoms. The average molecular weight is 504 g/mol. The van der Waals surface area contributed by atoms with E-state index >= 15 is 0 Å². The zero-order chi connectivity index (χ0) is 26.1. The monoisotopic (exact) mass is 503 g/mol. The van der Waals surface area contributed by atoms with E-state index in [0.717, 1.165) is 19.3 Å². The Morgan fingerprint density at radius 3 is 2.70 bits per heavy atom. The van der Waals surface area contributed by atoms with Crippen molar-refractivity contribution in [2.75, 3.05) is 20.1 Å². The molecule has 1 N–H and O–H groups in total. The van der Waals surface area contributed by atoms with Crippen LogP contribution in [0.2, 0.25) is 0 Å². The number of hydrogen-bond donors (Lipinski definition) is 1. The van der Waals surface area contributed by atoms with E-state index in [1.807, 2.05) is 12.1 Å². The van der Waals surface area contributed by atoms with E-state index in [0.29, 0.717) is 27.8 Å². The van der Waals surface area contributed by atoms with Crippen molar-refractivity contribution in [1.29, 1.82) is 5.26 Å². The molecule has 37 heavy (non-hydrogen) atoms. The Bertz CT molecular complexity index is 1470. The summed E-state index contributed by atoms with van der Waals surface area (Å²) in [5.41, 5.74) is 0.869. The van der Waals surface area contributed by atoms with Gasteiger partial charge >= 0.3 is 0 Å². The number of likely N-dealkylation sites (tertiary alicyclic amines) is 1. The first-order valence-corrected chi connectivity index (χ1v) is 12.2. The van der Waals surface area contributed by atoms with Gasteiger partial charge in [-0.3, -0.25) is 14.4 Å². The largest absolute Gasteiger partial charge is 0.490 e. The SMILES string of the molecule is CN(C(=O)CC#N)C1CN(C(=O)c2cc(Cc3n[nH]c(=O)c4ccc(OC5CCC5)cc34)ccc2F)C1. The minimum atomic E-state index is -0.637. The number of H-pyrrole nitrogens is 1. The fourth-order valence-electron chi connectivity index (χ4n) is 4.56. The fraction of sp³-hybridized carbons (Fsp3) is 0.370. The van der Waals surface area contributed by atoms with Gasteiger partial charge in [-0.1, -0.05) is 6.07 Å². The number of carbonyl (C=O) groups is 2. The van der Waals surface area contributed by atoms with Gasteiger partial charge in [0.1, 0.15) is 18.0 Å². The molecule has 1 aromatic heterocycles. The van der Waals surface area contributed by atoms with Crippen LogP contribution in [-0.2, 0) is 11.2 Å². The van der Waals surface area contributed by atoms with Crippen LogP contribution in [0.5, 0.6) is 5.75 Å². The number of ether oxygens (including phenoxy) is 1. The van der Waals surface area contributed by atoms with Crippen molar-refractivity contribution in [1.82, 2.24) is 20.0 Å². The average Bonchev–Trinajstić information content (AvgIpc) is 2.83. The molecule has 2 heterocycles. The third kappa shape index (κ3) is 4.89. The van der Waals surface area contributed by atoms with Gasteiger partial charge in [0.05, 0.1) is 34.9 Å². The number of carbonyl (C=O) groups excluding carboxylic acids is 2. The van der Waals surface area contributed by atoms with Crippen LogP contribution in [0.4, 0.5) is 4.39 Å². The van der Waals surface area contributed by atoms with Crippen molar-refractivity contribution in [3.05, 3.63) is 69.4 Å². The number of benzene rings is 2. The van der Waals surface area contributed by atoms with E-state index in [1.165, 1.54) is 21.9 Å². The maximum Gasteiger partial charge on any atom is 0.272 e. The van der Waals surface area contributed by atoms with Crippen LogP contribution in [-0.4, -0.2) is 64.1 Å². The van der Waals surface area contributed by atoms with Crippen LogP contribution in [0.15, 0.2) is 41.2 Å². The standard InChI is InChI=1S/C27H26FN5O4/c1-32(25(34)9-10-29)17-14-33(15-17)27(36)22-11-16(5-8-23(22)28)12-24-21-13-19(37-18-3-2-4-18)6-7-20(21)26(35)31-30-24/h5-8,11,13,17-18H,2-4,9,12,14-15H2,1H3,(H,31,35). The third-order valence-corrected chi connectivity index (χ3v) is 7.15. The van der Waals surface area contributed by atoms with E-state index in [4.69, 9.17) is 10.00 Å². The fourth-order valence-corrected chi connectivity index (χ4v) is 4.56. The first-order valence-electron chi connectivity index (χ1n) is 12.2. The number of aromatic amines is 1. The number of nitrogens with one attached hydrogen (secondary N) is 1. The van der Waals surface area contributed by atoms with Crippen LogP contribution >= 0.6 is 0 Å². The molecule has 2 aliphatic rings. The Hall–Kier alpha value is -4.26. The molecule has 2 fully saturated rings. The van der Waals surface area contributed by atoms with Crippen LogP contribution < -0.4 is 10.3 Å². The highest BCUT2D eigenvalue weighted by atomic mass is 19.1. The lowest BCUT2D eigenvalue weighted by atomic mass is 9.96. The van der Waals surface area contributed by atoms with Crippen LogP contribution in [0.1, 0.15) is 47.3 Å². The molecule has 1 aliphatic carbocycles. The Balaban J connectivity index is 1.34. The summed E-state index contributed by atoms with van der Waals surface area (Å²) in [6, 6.07) is 11.3. The summed E-state index contributed by atoms with van der Waals surface area (Å²) in [5, 5.41) is 16.6. The highest BCUT2D eigenvalue weighted by Gasteiger charge is 2.36. The van der Waals surface area contributed by atoms with Crippen LogP contribution in [0.3, 0.4) is 0 Å². The lowest BCUT2D eigenvalue weighted by molar-refractivity contribution is -0.133. The number of amides is 2. The Morgan fingerprint density at radius 1 is 1.22 bits per heavy atom. The summed E-state index contributed by atoms with van der Waals surface area (Å²) in [6.07, 6.45) is 3.40. The molecule has 0 radical (unpaired) electrons. The van der Waals surface area contributed by atoms with Gasteiger partial charge in [-0.25, -0.2) is 9.49 Å². The van der Waals surface area contributed by atoms with Crippen molar-refractivity contribution >= 4 is 22.6 Å². The van der Waals surface area contributed by atoms with E-state index < -0.39 is 11.7 Å². The van der Waals surface area contributed by atoms with Gasteiger partial charge in [0.25, 0.3) is 11.5 Å². The lowest BCUT2D eigenvalue weighted by Gasteiger charge is -2.43. The first kappa shape index (κ1) is 24.4. The van der Waals surface area contributed by atoms with Crippen molar-refractivity contribution in [2.45, 2.75) is 44.2 Å². The molecule has 190 valence electrons. The molecular formula is C27H26FN5O4. The summed E-state index contributed by atoms with van der Waals surface area (Å²) >= 11 is 0. The summed E-state index contributed by atoms with van der Waals surface area (Å²) in [5.74, 6) is -0.741. The normalized spacial score (nSPS) is 15.5. The predicted octanol–water partition coefficient (Wildman–Crippen LogP) is 2.78. The Morgan fingerprint density at radius 2 is 2.00 bits per heavy atom. The second-order valence-electron chi connectivity index (χ2n) is 9.57. The zero-order valence-electron chi connectivity index (χ0n) is 20.4. The highest BCUT2D eigenvalue weighted by molar-refractivity contribution is 5.95. The Kier molecular flexibility index (Phi) is 6.61. The molecule has 3 aromatic rings. The van der Waals surface area contributed by atoms with Crippen molar-refractivity contribution in [2.24, 2.45) is 0 Å². The number of nitriles is 1. The summed E-state index contributed by atoms with van der Waals surface area (Å²) in [4.78, 5) is 40.2. The van der Waals surface area contributed by atoms with Gasteiger partial charge in [0, 0.05) is 31.9 Å². The van der Waals surface area contributed by atoms with Gasteiger partial charge in [0.15, 0.2) is 0 Å². The number of rotatable bonds is 7. The molecule has 5 rings (SSSR count). The minimum Gasteiger partial charge on any atom is -0.490 e. The van der Waals surface area contributed by atoms with Gasteiger partial charge in [-0.2, -0.15) is 10.4 Å². The topological polar surface area (TPSA) is 119 Å². The number of likely N-dealkylation sites (N-methyl/N-ethyl adjacent to an activating group) is 1. The summed E-state index contributed by atoms with van der Waals surface area (Å²) in [7, 11) is 1.59. The van der Waals surface area contributed by atoms with Gasteiger partial charge in [-0.15, -0.1) is 0 Å². The number of nitrogens with zero attached hydrogens (tertiary/aromatic N) is 4. The first-order chi connectivity index (χ1) is 17.8. The van der Waals surface area contributed by atoms with Gasteiger partial charge in [0.2, 0.25) is 5.91 Å². The Labute approximate surface area is 212 Å². The zero-order valence-corrected chi connectivity index (χ0v) is 20.4. The van der Waals surface area contributed by atoms with E-state index in [2.05, 4.69) is 10.2 Å². The van der Waals surface area contributed by atoms with Crippen LogP contribution in [0.25, 0.3) is 10.8 Å². The molecule has 0 atom stereocenters. The summed E-state index contributed by atoms with van der Waals surface area (Å²) < 4.78 is 20.6. The maximum atomic E-state index is 14.7. The second-order valence-corrected chi connectivity index (χ2v) is 9.57. The molecular weight excluding hydrogens is 477 g/mol. The van der Waals surface area contributed by atoms with Crippen molar-refractivity contribution in [3.63, 3.8) is 0 Å². The number of hydrogen-bond acceptors (Lipinski definition) is 6. The smallest absolute Gasteiger partial charge is 0.272 e. The molecule has 0 unspecified atom stereocenters. The van der Waals surface area contributed by atoms with E-state index in [1.54, 1.807) is 25.2 Å². The van der Waals surface area contributed by atoms with E-state index in [-0.39, 0.29) is 55.1 Å².